The molecule has 73 heavy (non-hydrogen) atoms. The molecule has 2 aromatic rings. The fourth-order valence-corrected chi connectivity index (χ4v) is 12.6. The van der Waals surface area contributed by atoms with Crippen molar-refractivity contribution in [1.29, 1.82) is 0 Å². The van der Waals surface area contributed by atoms with E-state index >= 15 is 0 Å². The molecule has 0 unspecified atom stereocenters. The number of esters is 3. The summed E-state index contributed by atoms with van der Waals surface area (Å²) in [5.74, 6) is -3.41. The van der Waals surface area contributed by atoms with Gasteiger partial charge in [-0.2, -0.15) is 0 Å². The Morgan fingerprint density at radius 2 is 1.29 bits per heavy atom. The van der Waals surface area contributed by atoms with E-state index in [9.17, 15) is 38.7 Å². The number of ether oxygens (including phenoxy) is 4. The molecule has 4 saturated carbocycles. The topological polar surface area (TPSA) is 250 Å². The standard InChI is InChI=1S/C53H70N6O14/c1-30(9-20-48(65)68-6)39-18-19-40-49-41(25-43(60)53(39,40)5)52(4)22-21-36-23-33(52)24-42(49)57-72-29-47(64)59(32(3)51(67)70-8)27-45(62)55-35-12-16-38(17-13-35)73-37-14-10-34(11-15-37)54-44(61)26-58(31(2)50(66)69-7)46(63)28-71-56-36/h10-17,30-33,39-41,43,49,60H,9,18-29H2,1-8H3,(H,54,61)(H,55,62)/b56-36-,57-42-/t30-,31+,32+,33+,39-,40+,41+,43+,49+,52+,53-/m1/s1. The number of amides is 4. The Morgan fingerprint density at radius 3 is 1.81 bits per heavy atom. The summed E-state index contributed by atoms with van der Waals surface area (Å²) < 4.78 is 20.8. The first-order valence-electron chi connectivity index (χ1n) is 25.1. The fraction of sp³-hybridized carbons (Fsp3) is 0.604. The van der Waals surface area contributed by atoms with Crippen LogP contribution in [0.5, 0.6) is 11.5 Å². The van der Waals surface area contributed by atoms with Gasteiger partial charge in [-0.1, -0.05) is 31.1 Å². The summed E-state index contributed by atoms with van der Waals surface area (Å²) in [5.41, 5.74) is 1.41. The number of hydrogen-bond donors (Lipinski definition) is 3. The van der Waals surface area contributed by atoms with E-state index in [1.54, 1.807) is 48.5 Å². The lowest BCUT2D eigenvalue weighted by atomic mass is 9.43. The van der Waals surface area contributed by atoms with Crippen LogP contribution in [0.2, 0.25) is 0 Å². The zero-order chi connectivity index (χ0) is 52.8. The van der Waals surface area contributed by atoms with E-state index in [2.05, 4.69) is 36.6 Å². The van der Waals surface area contributed by atoms with Gasteiger partial charge in [-0.25, -0.2) is 9.59 Å². The third kappa shape index (κ3) is 11.8. The normalized spacial score (nSPS) is 30.7. The molecule has 0 spiro atoms. The molecule has 4 fully saturated rings. The highest BCUT2D eigenvalue weighted by molar-refractivity contribution is 5.97. The number of methoxy groups -OCH3 is 3. The number of carbonyl (C=O) groups is 7. The lowest BCUT2D eigenvalue weighted by molar-refractivity contribution is -0.154. The van der Waals surface area contributed by atoms with Gasteiger partial charge in [0.15, 0.2) is 13.2 Å². The monoisotopic (exact) mass is 1010 g/mol. The first kappa shape index (κ1) is 54.2. The number of benzene rings is 2. The minimum absolute atomic E-state index is 0.00657. The maximum absolute atomic E-state index is 14.1. The summed E-state index contributed by atoms with van der Waals surface area (Å²) in [6.07, 6.45) is 4.56. The van der Waals surface area contributed by atoms with Gasteiger partial charge >= 0.3 is 17.9 Å². The van der Waals surface area contributed by atoms with Crippen LogP contribution >= 0.6 is 0 Å². The molecule has 4 aliphatic carbocycles. The van der Waals surface area contributed by atoms with Crippen molar-refractivity contribution < 1.29 is 67.3 Å². The van der Waals surface area contributed by atoms with E-state index in [1.165, 1.54) is 35.2 Å². The SMILES string of the molecule is COC(=O)CC[C@@H](C)[C@H]1CC[C@H]2[C@@H]3/C4=N\OCC(=O)N([C@@H](C)C(=O)OC)CC(=O)Nc5ccc(cc5)Oc5ccc(cc5)NC(=O)CN([C@@H](C)C(=O)OC)C(=O)CO/N=C5/CC[C@@](C)([C@@H](C5)C4)[C@H]3C[C@H](O)[C@]12C. The van der Waals surface area contributed by atoms with Crippen molar-refractivity contribution >= 4 is 64.3 Å². The van der Waals surface area contributed by atoms with Crippen molar-refractivity contribution in [2.75, 3.05) is 58.3 Å². The van der Waals surface area contributed by atoms with Crippen molar-refractivity contribution in [2.45, 2.75) is 111 Å². The molecule has 3 N–H and O–H groups in total. The first-order chi connectivity index (χ1) is 34.8. The van der Waals surface area contributed by atoms with Crippen LogP contribution in [0, 0.1) is 46.3 Å². The number of aliphatic hydroxyl groups is 1. The van der Waals surface area contributed by atoms with Gasteiger partial charge in [0, 0.05) is 29.1 Å². The predicted octanol–water partition coefficient (Wildman–Crippen LogP) is 5.72. The van der Waals surface area contributed by atoms with Crippen LogP contribution < -0.4 is 15.4 Å². The number of aliphatic hydroxyl groups excluding tert-OH is 1. The van der Waals surface area contributed by atoms with Crippen LogP contribution in [0.1, 0.15) is 92.4 Å². The molecular weight excluding hydrogens is 945 g/mol. The Hall–Kier alpha value is -6.57. The van der Waals surface area contributed by atoms with Gasteiger partial charge in [-0.05, 0) is 149 Å². The molecule has 3 heterocycles. The van der Waals surface area contributed by atoms with Crippen molar-refractivity contribution in [3.8, 4) is 11.5 Å². The van der Waals surface area contributed by atoms with E-state index in [0.717, 1.165) is 28.4 Å². The van der Waals surface area contributed by atoms with E-state index in [0.29, 0.717) is 67.1 Å². The Bertz CT molecular complexity index is 2450. The molecule has 4 amide bonds. The first-order valence-corrected chi connectivity index (χ1v) is 25.1. The smallest absolute Gasteiger partial charge is 0.328 e. The number of hydrogen-bond acceptors (Lipinski definition) is 16. The summed E-state index contributed by atoms with van der Waals surface area (Å²) >= 11 is 0. The van der Waals surface area contributed by atoms with Gasteiger partial charge in [0.25, 0.3) is 11.8 Å². The van der Waals surface area contributed by atoms with E-state index in [-0.39, 0.29) is 53.3 Å². The summed E-state index contributed by atoms with van der Waals surface area (Å²) in [6.45, 7) is 7.33. The molecule has 0 aromatic heterocycles. The lowest BCUT2D eigenvalue weighted by Gasteiger charge is -2.62. The molecule has 20 nitrogen and oxygen atoms in total. The van der Waals surface area contributed by atoms with Crippen molar-refractivity contribution in [3.63, 3.8) is 0 Å². The molecule has 2 aromatic carbocycles. The number of nitrogens with zero attached hydrogens (tertiary/aromatic N) is 4. The number of anilines is 2. The number of rotatable bonds is 8. The molecule has 7 aliphatic rings. The van der Waals surface area contributed by atoms with Gasteiger partial charge in [0.1, 0.15) is 36.7 Å². The largest absolute Gasteiger partial charge is 0.469 e. The highest BCUT2D eigenvalue weighted by atomic mass is 16.6. The molecule has 11 atom stereocenters. The van der Waals surface area contributed by atoms with Gasteiger partial charge in [0.2, 0.25) is 11.8 Å². The highest BCUT2D eigenvalue weighted by Crippen LogP contribution is 2.67. The second-order valence-electron chi connectivity index (χ2n) is 20.7. The van der Waals surface area contributed by atoms with Gasteiger partial charge in [0.05, 0.1) is 38.9 Å². The molecule has 9 rings (SSSR count). The Balaban J connectivity index is 1.21. The molecule has 396 valence electrons. The van der Waals surface area contributed by atoms with Crippen LogP contribution in [0.4, 0.5) is 11.4 Å². The number of oxime groups is 2. The molecule has 3 aliphatic heterocycles. The summed E-state index contributed by atoms with van der Waals surface area (Å²) in [4.78, 5) is 106. The molecule has 20 heteroatoms. The Morgan fingerprint density at radius 1 is 0.753 bits per heavy atom. The Kier molecular flexibility index (Phi) is 17.2. The number of nitrogens with one attached hydrogen (secondary N) is 2. The zero-order valence-electron chi connectivity index (χ0n) is 43.1. The average molecular weight is 1020 g/mol. The van der Waals surface area contributed by atoms with E-state index in [4.69, 9.17) is 33.8 Å². The molecular formula is C53H70N6O14. The minimum Gasteiger partial charge on any atom is -0.469 e. The average Bonchev–Trinajstić information content (AvgIpc) is 3.74. The second-order valence-corrected chi connectivity index (χ2v) is 20.7. The van der Waals surface area contributed by atoms with Crippen LogP contribution in [-0.2, 0) is 57.4 Å². The van der Waals surface area contributed by atoms with E-state index < -0.39 is 85.5 Å². The summed E-state index contributed by atoms with van der Waals surface area (Å²) in [6, 6.07) is 10.6. The van der Waals surface area contributed by atoms with Crippen LogP contribution in [0.15, 0.2) is 58.8 Å². The van der Waals surface area contributed by atoms with E-state index in [1.807, 2.05) is 0 Å². The van der Waals surface area contributed by atoms with Crippen LogP contribution in [0.3, 0.4) is 0 Å². The number of fused-ring (bicyclic) bond motifs is 6. The third-order valence-electron chi connectivity index (χ3n) is 16.8. The van der Waals surface area contributed by atoms with Crippen molar-refractivity contribution in [1.82, 2.24) is 9.80 Å². The predicted molar refractivity (Wildman–Crippen MR) is 266 cm³/mol. The molecule has 7 bridgehead atoms. The van der Waals surface area contributed by atoms with Crippen molar-refractivity contribution in [3.05, 3.63) is 48.5 Å². The molecule has 0 radical (unpaired) electrons. The minimum atomic E-state index is -1.15. The van der Waals surface area contributed by atoms with Crippen LogP contribution in [0.25, 0.3) is 0 Å². The second kappa shape index (κ2) is 23.1. The third-order valence-corrected chi connectivity index (χ3v) is 16.8. The van der Waals surface area contributed by atoms with Gasteiger partial charge in [-0.3, -0.25) is 24.0 Å². The van der Waals surface area contributed by atoms with Gasteiger partial charge in [-0.15, -0.1) is 0 Å². The van der Waals surface area contributed by atoms with Crippen LogP contribution in [-0.4, -0.2) is 134 Å². The maximum Gasteiger partial charge on any atom is 0.328 e. The quantitative estimate of drug-likeness (QED) is 0.211. The number of carbonyl (C=O) groups excluding carboxylic acids is 7. The fourth-order valence-electron chi connectivity index (χ4n) is 12.6. The zero-order valence-corrected chi connectivity index (χ0v) is 43.1. The summed E-state index contributed by atoms with van der Waals surface area (Å²) in [7, 11) is 3.77. The lowest BCUT2D eigenvalue weighted by Crippen LogP contribution is -2.61. The molecule has 0 saturated heterocycles. The van der Waals surface area contributed by atoms with Gasteiger partial charge < -0.3 is 54.2 Å². The highest BCUT2D eigenvalue weighted by Gasteiger charge is 2.65. The Labute approximate surface area is 425 Å². The maximum atomic E-state index is 14.1. The summed E-state index contributed by atoms with van der Waals surface area (Å²) in [5, 5.41) is 27.1. The van der Waals surface area contributed by atoms with Crippen molar-refractivity contribution in [2.24, 2.45) is 56.6 Å².